The van der Waals surface area contributed by atoms with Crippen LogP contribution in [0.15, 0.2) is 64.2 Å². The van der Waals surface area contributed by atoms with Crippen molar-refractivity contribution < 1.29 is 23.4 Å². The number of carbonyl (C=O) groups excluding carboxylic acids is 1. The van der Waals surface area contributed by atoms with E-state index >= 15 is 0 Å². The molecule has 0 saturated carbocycles. The van der Waals surface area contributed by atoms with Crippen LogP contribution in [0.5, 0.6) is 11.5 Å². The predicted octanol–water partition coefficient (Wildman–Crippen LogP) is 6.51. The van der Waals surface area contributed by atoms with Crippen molar-refractivity contribution >= 4 is 17.7 Å². The van der Waals surface area contributed by atoms with Crippen LogP contribution in [0.3, 0.4) is 0 Å². The van der Waals surface area contributed by atoms with Gasteiger partial charge in [0.1, 0.15) is 11.5 Å². The summed E-state index contributed by atoms with van der Waals surface area (Å²) < 4.78 is 22.3. The van der Waals surface area contributed by atoms with Crippen molar-refractivity contribution in [3.05, 3.63) is 77.1 Å². The Balaban J connectivity index is 1.71. The van der Waals surface area contributed by atoms with Crippen molar-refractivity contribution in [3.8, 4) is 34.1 Å². The topological polar surface area (TPSA) is 83.7 Å². The smallest absolute Gasteiger partial charge is 0.338 e. The lowest BCUT2D eigenvalue weighted by molar-refractivity contribution is 0.0526. The first kappa shape index (κ1) is 25.3. The molecule has 0 fully saturated rings. The molecule has 0 unspecified atom stereocenters. The average molecular weight is 505 g/mol. The van der Waals surface area contributed by atoms with Gasteiger partial charge in [0.05, 0.1) is 26.4 Å². The summed E-state index contributed by atoms with van der Waals surface area (Å²) in [4.78, 5) is 21.2. The molecular weight excluding hydrogens is 476 g/mol. The molecule has 7 nitrogen and oxygen atoms in total. The summed E-state index contributed by atoms with van der Waals surface area (Å²) in [5.41, 5.74) is 5.04. The highest BCUT2D eigenvalue weighted by atomic mass is 32.2. The van der Waals surface area contributed by atoms with Crippen LogP contribution in [-0.2, 0) is 10.5 Å². The van der Waals surface area contributed by atoms with Crippen LogP contribution >= 0.6 is 11.8 Å². The predicted molar refractivity (Wildman–Crippen MR) is 140 cm³/mol. The monoisotopic (exact) mass is 504 g/mol. The fourth-order valence-corrected chi connectivity index (χ4v) is 4.70. The molecule has 4 rings (SSSR count). The lowest BCUT2D eigenvalue weighted by Crippen LogP contribution is -2.04. The third-order valence-electron chi connectivity index (χ3n) is 5.45. The van der Waals surface area contributed by atoms with E-state index in [2.05, 4.69) is 9.97 Å². The van der Waals surface area contributed by atoms with E-state index in [4.69, 9.17) is 18.6 Å². The number of aryl methyl sites for hydroxylation is 2. The minimum absolute atomic E-state index is 0.329. The molecule has 0 atom stereocenters. The maximum absolute atomic E-state index is 12.1. The van der Waals surface area contributed by atoms with E-state index in [1.807, 2.05) is 56.3 Å². The van der Waals surface area contributed by atoms with Gasteiger partial charge in [0.25, 0.3) is 0 Å². The number of aromatic nitrogens is 2. The number of esters is 1. The molecule has 36 heavy (non-hydrogen) atoms. The molecule has 0 N–H and O–H groups in total. The Morgan fingerprint density at radius 3 is 2.19 bits per heavy atom. The van der Waals surface area contributed by atoms with Crippen molar-refractivity contribution in [2.45, 2.75) is 31.7 Å². The van der Waals surface area contributed by atoms with Crippen molar-refractivity contribution in [2.75, 3.05) is 20.8 Å². The van der Waals surface area contributed by atoms with E-state index in [1.165, 1.54) is 0 Å². The van der Waals surface area contributed by atoms with Gasteiger partial charge in [-0.3, -0.25) is 0 Å². The minimum atomic E-state index is -0.350. The summed E-state index contributed by atoms with van der Waals surface area (Å²) in [6.45, 7) is 6.04. The van der Waals surface area contributed by atoms with Crippen molar-refractivity contribution in [1.82, 2.24) is 9.97 Å². The second-order valence-corrected chi connectivity index (χ2v) is 9.00. The van der Waals surface area contributed by atoms with Crippen LogP contribution in [-0.4, -0.2) is 36.8 Å². The first-order valence-corrected chi connectivity index (χ1v) is 12.5. The van der Waals surface area contributed by atoms with Crippen molar-refractivity contribution in [1.29, 1.82) is 0 Å². The summed E-state index contributed by atoms with van der Waals surface area (Å²) in [5.74, 6) is 2.92. The molecule has 0 aliphatic rings. The van der Waals surface area contributed by atoms with Gasteiger partial charge < -0.3 is 18.6 Å². The zero-order valence-corrected chi connectivity index (χ0v) is 21.8. The van der Waals surface area contributed by atoms with Gasteiger partial charge in [-0.1, -0.05) is 23.9 Å². The zero-order chi connectivity index (χ0) is 25.7. The number of benzene rings is 2. The van der Waals surface area contributed by atoms with Gasteiger partial charge in [0.15, 0.2) is 16.7 Å². The first-order valence-electron chi connectivity index (χ1n) is 11.5. The molecule has 0 aliphatic heterocycles. The van der Waals surface area contributed by atoms with Gasteiger partial charge in [-0.05, 0) is 63.2 Å². The average Bonchev–Trinajstić information content (AvgIpc) is 3.31. The number of nitrogens with zero attached hydrogens (tertiary/aromatic N) is 2. The third-order valence-corrected chi connectivity index (χ3v) is 6.35. The summed E-state index contributed by atoms with van der Waals surface area (Å²) in [5, 5.41) is 0.713. The largest absolute Gasteiger partial charge is 0.493 e. The number of hydrogen-bond acceptors (Lipinski definition) is 8. The second kappa shape index (κ2) is 11.3. The highest BCUT2D eigenvalue weighted by Gasteiger charge is 2.18. The van der Waals surface area contributed by atoms with E-state index in [0.717, 1.165) is 28.1 Å². The Morgan fingerprint density at radius 2 is 1.56 bits per heavy atom. The SMILES string of the molecule is CCOC(=O)c1ccc(-c2oc(-c3ccc(OC)c(OC)c3)cc2CSc2nc(C)cc(C)n2)cc1. The molecule has 2 aromatic carbocycles. The molecule has 2 heterocycles. The van der Waals surface area contributed by atoms with Gasteiger partial charge in [-0.25, -0.2) is 14.8 Å². The van der Waals surface area contributed by atoms with Crippen LogP contribution in [0.4, 0.5) is 0 Å². The Labute approximate surface area is 214 Å². The minimum Gasteiger partial charge on any atom is -0.493 e. The summed E-state index contributed by atoms with van der Waals surface area (Å²) in [7, 11) is 3.21. The summed E-state index contributed by atoms with van der Waals surface area (Å²) >= 11 is 1.55. The van der Waals surface area contributed by atoms with E-state index in [1.54, 1.807) is 45.0 Å². The molecule has 0 aliphatic carbocycles. The summed E-state index contributed by atoms with van der Waals surface area (Å²) in [6.07, 6.45) is 0. The zero-order valence-electron chi connectivity index (χ0n) is 21.0. The lowest BCUT2D eigenvalue weighted by atomic mass is 10.1. The maximum Gasteiger partial charge on any atom is 0.338 e. The molecule has 0 radical (unpaired) electrons. The van der Waals surface area contributed by atoms with Gasteiger partial charge in [0.2, 0.25) is 0 Å². The molecule has 8 heteroatoms. The number of hydrogen-bond donors (Lipinski definition) is 0. The Hall–Kier alpha value is -3.78. The Bertz CT molecular complexity index is 1340. The number of ether oxygens (including phenoxy) is 3. The van der Waals surface area contributed by atoms with Crippen LogP contribution in [0, 0.1) is 13.8 Å². The number of thioether (sulfide) groups is 1. The first-order chi connectivity index (χ1) is 17.4. The standard InChI is InChI=1S/C28H28N2O5S/c1-6-34-27(31)20-9-7-19(8-10-20)26-22(16-36-28-29-17(2)13-18(3)30-28)15-24(35-26)21-11-12-23(32-4)25(14-21)33-5/h7-15H,6,16H2,1-5H3. The Morgan fingerprint density at radius 1 is 0.889 bits per heavy atom. The van der Waals surface area contributed by atoms with Gasteiger partial charge in [0, 0.05) is 33.8 Å². The van der Waals surface area contributed by atoms with Crippen LogP contribution in [0.2, 0.25) is 0 Å². The molecule has 0 spiro atoms. The van der Waals surface area contributed by atoms with Gasteiger partial charge in [-0.2, -0.15) is 0 Å². The van der Waals surface area contributed by atoms with E-state index in [9.17, 15) is 4.79 Å². The molecular formula is C28H28N2O5S. The fraction of sp³-hybridized carbons (Fsp3) is 0.250. The van der Waals surface area contributed by atoms with Gasteiger partial charge >= 0.3 is 5.97 Å². The van der Waals surface area contributed by atoms with Crippen LogP contribution in [0.25, 0.3) is 22.6 Å². The quantitative estimate of drug-likeness (QED) is 0.145. The molecule has 0 bridgehead atoms. The number of methoxy groups -OCH3 is 2. The van der Waals surface area contributed by atoms with Crippen molar-refractivity contribution in [3.63, 3.8) is 0 Å². The number of rotatable bonds is 9. The molecule has 186 valence electrons. The molecule has 2 aromatic heterocycles. The van der Waals surface area contributed by atoms with E-state index < -0.39 is 0 Å². The molecule has 0 amide bonds. The van der Waals surface area contributed by atoms with E-state index in [-0.39, 0.29) is 5.97 Å². The normalized spacial score (nSPS) is 10.8. The molecule has 4 aromatic rings. The number of furan rings is 1. The third kappa shape index (κ3) is 5.71. The fourth-order valence-electron chi connectivity index (χ4n) is 3.78. The van der Waals surface area contributed by atoms with Gasteiger partial charge in [-0.15, -0.1) is 0 Å². The lowest BCUT2D eigenvalue weighted by Gasteiger charge is -2.08. The highest BCUT2D eigenvalue weighted by molar-refractivity contribution is 7.98. The number of carbonyl (C=O) groups is 1. The van der Waals surface area contributed by atoms with Crippen molar-refractivity contribution in [2.24, 2.45) is 0 Å². The second-order valence-electron chi connectivity index (χ2n) is 8.05. The van der Waals surface area contributed by atoms with E-state index in [0.29, 0.717) is 46.1 Å². The van der Waals surface area contributed by atoms with Crippen LogP contribution in [0.1, 0.15) is 34.2 Å². The molecule has 0 saturated heterocycles. The maximum atomic E-state index is 12.1. The van der Waals surface area contributed by atoms with Crippen LogP contribution < -0.4 is 9.47 Å². The highest BCUT2D eigenvalue weighted by Crippen LogP contribution is 2.38. The summed E-state index contributed by atoms with van der Waals surface area (Å²) in [6, 6.07) is 16.9. The Kier molecular flexibility index (Phi) is 7.95.